The third-order valence-electron chi connectivity index (χ3n) is 4.43. The largest absolute Gasteiger partial charge is 0.314 e. The molecule has 1 saturated heterocycles. The van der Waals surface area contributed by atoms with Crippen LogP contribution in [0.2, 0.25) is 0 Å². The second-order valence-electron chi connectivity index (χ2n) is 5.91. The molecule has 2 fully saturated rings. The average Bonchev–Trinajstić information content (AvgIpc) is 3.29. The Morgan fingerprint density at radius 2 is 2.09 bits per heavy atom. The molecule has 2 aliphatic rings. The van der Waals surface area contributed by atoms with Crippen molar-refractivity contribution in [2.75, 3.05) is 19.6 Å². The summed E-state index contributed by atoms with van der Waals surface area (Å²) in [6.07, 6.45) is 6.44. The van der Waals surface area contributed by atoms with Gasteiger partial charge >= 0.3 is 0 Å². The fourth-order valence-corrected chi connectivity index (χ4v) is 4.00. The van der Waals surface area contributed by atoms with Gasteiger partial charge in [-0.2, -0.15) is 0 Å². The zero-order chi connectivity index (χ0) is 14.1. The summed E-state index contributed by atoms with van der Waals surface area (Å²) >= 11 is 1.82. The molecular formula is C16H21ClN4S. The van der Waals surface area contributed by atoms with Gasteiger partial charge in [-0.1, -0.05) is 0 Å². The lowest BCUT2D eigenvalue weighted by Gasteiger charge is -2.36. The van der Waals surface area contributed by atoms with Gasteiger partial charge in [0.05, 0.1) is 11.2 Å². The Labute approximate surface area is 141 Å². The van der Waals surface area contributed by atoms with Gasteiger partial charge in [0.2, 0.25) is 0 Å². The van der Waals surface area contributed by atoms with Gasteiger partial charge in [0.15, 0.2) is 0 Å². The minimum Gasteiger partial charge on any atom is -0.314 e. The summed E-state index contributed by atoms with van der Waals surface area (Å²) in [5.74, 6) is 0.744. The van der Waals surface area contributed by atoms with Crippen LogP contribution in [0.4, 0.5) is 0 Å². The molecule has 0 aromatic carbocycles. The molecule has 4 rings (SSSR count). The first-order valence-corrected chi connectivity index (χ1v) is 8.57. The highest BCUT2D eigenvalue weighted by Crippen LogP contribution is 2.42. The lowest BCUT2D eigenvalue weighted by Crippen LogP contribution is -2.45. The third-order valence-corrected chi connectivity index (χ3v) is 5.26. The Kier molecular flexibility index (Phi) is 5.08. The number of rotatable bonds is 4. The molecule has 1 N–H and O–H groups in total. The van der Waals surface area contributed by atoms with E-state index >= 15 is 0 Å². The highest BCUT2D eigenvalue weighted by molar-refractivity contribution is 7.09. The van der Waals surface area contributed by atoms with E-state index in [1.165, 1.54) is 29.0 Å². The number of hydrogen-bond acceptors (Lipinski definition) is 5. The smallest absolute Gasteiger partial charge is 0.0798 e. The Morgan fingerprint density at radius 1 is 1.27 bits per heavy atom. The van der Waals surface area contributed by atoms with Crippen LogP contribution in [0.25, 0.3) is 0 Å². The third kappa shape index (κ3) is 3.33. The van der Waals surface area contributed by atoms with Crippen molar-refractivity contribution in [1.82, 2.24) is 20.2 Å². The van der Waals surface area contributed by atoms with Crippen LogP contribution in [-0.4, -0.2) is 34.5 Å². The highest BCUT2D eigenvalue weighted by Gasteiger charge is 2.30. The summed E-state index contributed by atoms with van der Waals surface area (Å²) in [7, 11) is 0. The first-order chi connectivity index (χ1) is 10.4. The monoisotopic (exact) mass is 336 g/mol. The van der Waals surface area contributed by atoms with Crippen LogP contribution in [0.15, 0.2) is 30.0 Å². The van der Waals surface area contributed by atoms with Crippen molar-refractivity contribution >= 4 is 23.7 Å². The van der Waals surface area contributed by atoms with Gasteiger partial charge in [-0.25, -0.2) is 4.98 Å². The number of piperazine rings is 1. The Balaban J connectivity index is 0.00000144. The second kappa shape index (κ2) is 7.04. The predicted molar refractivity (Wildman–Crippen MR) is 91.6 cm³/mol. The summed E-state index contributed by atoms with van der Waals surface area (Å²) in [4.78, 5) is 12.8. The van der Waals surface area contributed by atoms with E-state index in [0.29, 0.717) is 6.04 Å². The Bertz CT molecular complexity index is 599. The van der Waals surface area contributed by atoms with Gasteiger partial charge in [-0.05, 0) is 30.5 Å². The number of nitrogens with zero attached hydrogens (tertiary/aromatic N) is 3. The topological polar surface area (TPSA) is 41.0 Å². The van der Waals surface area contributed by atoms with Gasteiger partial charge in [0.1, 0.15) is 0 Å². The van der Waals surface area contributed by atoms with Crippen molar-refractivity contribution in [1.29, 1.82) is 0 Å². The van der Waals surface area contributed by atoms with Crippen LogP contribution in [0.5, 0.6) is 0 Å². The van der Waals surface area contributed by atoms with E-state index in [4.69, 9.17) is 0 Å². The fraction of sp³-hybridized carbons (Fsp3) is 0.500. The zero-order valence-electron chi connectivity index (χ0n) is 12.4. The summed E-state index contributed by atoms with van der Waals surface area (Å²) in [5, 5.41) is 3.52. The van der Waals surface area contributed by atoms with E-state index in [1.807, 2.05) is 29.2 Å². The molecule has 1 unspecified atom stereocenters. The normalized spacial score (nSPS) is 22.3. The molecular weight excluding hydrogens is 316 g/mol. The molecule has 2 aromatic rings. The average molecular weight is 337 g/mol. The minimum atomic E-state index is 0. The van der Waals surface area contributed by atoms with Crippen molar-refractivity contribution in [3.05, 3.63) is 46.2 Å². The first-order valence-electron chi connectivity index (χ1n) is 7.69. The van der Waals surface area contributed by atoms with Crippen molar-refractivity contribution in [3.8, 4) is 0 Å². The highest BCUT2D eigenvalue weighted by atomic mass is 35.5. The van der Waals surface area contributed by atoms with E-state index in [1.54, 1.807) is 0 Å². The minimum absolute atomic E-state index is 0. The molecule has 0 radical (unpaired) electrons. The summed E-state index contributed by atoms with van der Waals surface area (Å²) in [6.45, 7) is 4.21. The van der Waals surface area contributed by atoms with E-state index in [0.717, 1.165) is 32.1 Å². The molecule has 0 bridgehead atoms. The Hall–Kier alpha value is -1.01. The number of halogens is 1. The van der Waals surface area contributed by atoms with Crippen LogP contribution in [0.3, 0.4) is 0 Å². The van der Waals surface area contributed by atoms with Gasteiger partial charge < -0.3 is 5.32 Å². The standard InChI is InChI=1S/C16H20N4S.ClH/c1-2-13(1)16-15(21-11-19-16)10-20-8-7-18-9-14(20)12-3-5-17-6-4-12;/h3-6,11,13-14,18H,1-2,7-10H2;1H. The number of nitrogens with one attached hydrogen (secondary N) is 1. The van der Waals surface area contributed by atoms with Crippen LogP contribution < -0.4 is 5.32 Å². The summed E-state index contributed by atoms with van der Waals surface area (Å²) in [5.41, 5.74) is 4.74. The number of pyridine rings is 1. The molecule has 1 aliphatic heterocycles. The van der Waals surface area contributed by atoms with Gasteiger partial charge in [0.25, 0.3) is 0 Å². The Morgan fingerprint density at radius 3 is 2.86 bits per heavy atom. The molecule has 1 saturated carbocycles. The maximum atomic E-state index is 4.61. The van der Waals surface area contributed by atoms with E-state index in [2.05, 4.69) is 32.3 Å². The zero-order valence-corrected chi connectivity index (χ0v) is 14.1. The molecule has 1 aliphatic carbocycles. The van der Waals surface area contributed by atoms with Crippen molar-refractivity contribution in [2.24, 2.45) is 0 Å². The number of hydrogen-bond donors (Lipinski definition) is 1. The first kappa shape index (κ1) is 15.9. The number of aromatic nitrogens is 2. The second-order valence-corrected chi connectivity index (χ2v) is 6.85. The van der Waals surface area contributed by atoms with Crippen molar-refractivity contribution in [3.63, 3.8) is 0 Å². The van der Waals surface area contributed by atoms with Crippen LogP contribution in [0, 0.1) is 0 Å². The maximum Gasteiger partial charge on any atom is 0.0798 e. The van der Waals surface area contributed by atoms with E-state index in [9.17, 15) is 0 Å². The van der Waals surface area contributed by atoms with Crippen LogP contribution in [0.1, 0.15) is 40.9 Å². The molecule has 0 amide bonds. The molecule has 4 nitrogen and oxygen atoms in total. The molecule has 118 valence electrons. The molecule has 0 spiro atoms. The van der Waals surface area contributed by atoms with Gasteiger partial charge in [-0.3, -0.25) is 9.88 Å². The van der Waals surface area contributed by atoms with Crippen molar-refractivity contribution < 1.29 is 0 Å². The molecule has 6 heteroatoms. The van der Waals surface area contributed by atoms with Gasteiger partial charge in [-0.15, -0.1) is 23.7 Å². The maximum absolute atomic E-state index is 4.61. The molecule has 22 heavy (non-hydrogen) atoms. The van der Waals surface area contributed by atoms with E-state index < -0.39 is 0 Å². The van der Waals surface area contributed by atoms with Gasteiger partial charge in [0, 0.05) is 55.4 Å². The number of thiazole rings is 1. The molecule has 1 atom stereocenters. The predicted octanol–water partition coefficient (Wildman–Crippen LogP) is 2.98. The summed E-state index contributed by atoms with van der Waals surface area (Å²) < 4.78 is 0. The lowest BCUT2D eigenvalue weighted by atomic mass is 10.0. The quantitative estimate of drug-likeness (QED) is 0.932. The lowest BCUT2D eigenvalue weighted by molar-refractivity contribution is 0.154. The molecule has 2 aromatic heterocycles. The summed E-state index contributed by atoms with van der Waals surface area (Å²) in [6, 6.07) is 4.72. The molecule has 3 heterocycles. The van der Waals surface area contributed by atoms with Crippen molar-refractivity contribution in [2.45, 2.75) is 31.3 Å². The fourth-order valence-electron chi connectivity index (χ4n) is 3.12. The SMILES string of the molecule is Cl.c1cc(C2CNCCN2Cc2scnc2C2CC2)ccn1. The van der Waals surface area contributed by atoms with E-state index in [-0.39, 0.29) is 12.4 Å². The van der Waals surface area contributed by atoms with Crippen LogP contribution >= 0.6 is 23.7 Å². The van der Waals surface area contributed by atoms with Crippen LogP contribution in [-0.2, 0) is 6.54 Å².